The van der Waals surface area contributed by atoms with Gasteiger partial charge in [-0.05, 0) is 23.8 Å². The largest absolute Gasteiger partial charge is 0.449 e. The lowest BCUT2D eigenvalue weighted by Crippen LogP contribution is -2.36. The Hall–Kier alpha value is -1.50. The van der Waals surface area contributed by atoms with E-state index in [2.05, 4.69) is 10.1 Å². The Balaban J connectivity index is 0.00000180. The Morgan fingerprint density at radius 2 is 2.00 bits per heavy atom. The number of hydrogen-bond acceptors (Lipinski definition) is 2. The molecule has 0 spiro atoms. The minimum absolute atomic E-state index is 0. The second kappa shape index (κ2) is 5.64. The normalized spacial score (nSPS) is 19.2. The predicted octanol–water partition coefficient (Wildman–Crippen LogP) is 3.44. The highest BCUT2D eigenvalue weighted by Gasteiger charge is 2.36. The third-order valence-corrected chi connectivity index (χ3v) is 2.63. The fourth-order valence-electron chi connectivity index (χ4n) is 1.84. The van der Waals surface area contributed by atoms with Crippen molar-refractivity contribution in [3.8, 4) is 0 Å². The van der Waals surface area contributed by atoms with Gasteiger partial charge in [-0.1, -0.05) is 0 Å². The minimum atomic E-state index is -4.59. The number of benzene rings is 1. The van der Waals surface area contributed by atoms with Crippen LogP contribution < -0.4 is 5.32 Å². The molecular formula is C11H10ClF4NO2. The highest BCUT2D eigenvalue weighted by molar-refractivity contribution is 5.85. The molecule has 0 aliphatic carbocycles. The van der Waals surface area contributed by atoms with E-state index in [9.17, 15) is 22.4 Å². The second-order valence-electron chi connectivity index (χ2n) is 3.85. The van der Waals surface area contributed by atoms with Gasteiger partial charge in [0.15, 0.2) is 0 Å². The fourth-order valence-corrected chi connectivity index (χ4v) is 1.84. The third kappa shape index (κ3) is 3.50. The average Bonchev–Trinajstić information content (AvgIpc) is 2.27. The minimum Gasteiger partial charge on any atom is -0.449 e. The van der Waals surface area contributed by atoms with Gasteiger partial charge in [0.1, 0.15) is 5.82 Å². The van der Waals surface area contributed by atoms with Gasteiger partial charge in [-0.15, -0.1) is 12.4 Å². The quantitative estimate of drug-likeness (QED) is 0.807. The summed E-state index contributed by atoms with van der Waals surface area (Å²) in [6.45, 7) is 0.00428. The number of hydrogen-bond donors (Lipinski definition) is 1. The molecule has 1 fully saturated rings. The molecule has 3 nitrogen and oxygen atoms in total. The molecule has 1 saturated heterocycles. The number of carbonyl (C=O) groups excluding carboxylic acids is 1. The Kier molecular flexibility index (Phi) is 4.62. The maximum atomic E-state index is 13.1. The molecule has 106 valence electrons. The van der Waals surface area contributed by atoms with Gasteiger partial charge in [0.25, 0.3) is 0 Å². The predicted molar refractivity (Wildman–Crippen MR) is 60.5 cm³/mol. The lowest BCUT2D eigenvalue weighted by atomic mass is 9.97. The van der Waals surface area contributed by atoms with Crippen LogP contribution in [0.1, 0.15) is 23.6 Å². The fraction of sp³-hybridized carbons (Fsp3) is 0.364. The zero-order valence-corrected chi connectivity index (χ0v) is 10.3. The van der Waals surface area contributed by atoms with E-state index in [1.54, 1.807) is 0 Å². The van der Waals surface area contributed by atoms with E-state index in [0.29, 0.717) is 6.07 Å². The van der Waals surface area contributed by atoms with Crippen molar-refractivity contribution in [1.82, 2.24) is 5.32 Å². The molecule has 0 bridgehead atoms. The number of cyclic esters (lactones) is 1. The van der Waals surface area contributed by atoms with Gasteiger partial charge in [0, 0.05) is 6.42 Å². The third-order valence-electron chi connectivity index (χ3n) is 2.63. The monoisotopic (exact) mass is 299 g/mol. The molecule has 1 heterocycles. The van der Waals surface area contributed by atoms with Gasteiger partial charge in [0.2, 0.25) is 0 Å². The molecule has 1 aliphatic rings. The first-order chi connectivity index (χ1) is 8.38. The lowest BCUT2D eigenvalue weighted by molar-refractivity contribution is -0.138. The molecular weight excluding hydrogens is 290 g/mol. The highest BCUT2D eigenvalue weighted by atomic mass is 35.5. The Bertz CT molecular complexity index is 478. The molecule has 0 unspecified atom stereocenters. The van der Waals surface area contributed by atoms with Crippen molar-refractivity contribution in [2.75, 3.05) is 6.61 Å². The number of rotatable bonds is 1. The van der Waals surface area contributed by atoms with Crippen LogP contribution in [0.4, 0.5) is 22.4 Å². The van der Waals surface area contributed by atoms with Crippen LogP contribution in [0.25, 0.3) is 0 Å². The van der Waals surface area contributed by atoms with E-state index in [1.165, 1.54) is 0 Å². The molecule has 8 heteroatoms. The van der Waals surface area contributed by atoms with Crippen LogP contribution in [0, 0.1) is 5.82 Å². The number of alkyl halides is 3. The van der Waals surface area contributed by atoms with E-state index >= 15 is 0 Å². The molecule has 0 saturated carbocycles. The van der Waals surface area contributed by atoms with Crippen molar-refractivity contribution in [3.05, 3.63) is 35.1 Å². The van der Waals surface area contributed by atoms with Gasteiger partial charge >= 0.3 is 12.3 Å². The Morgan fingerprint density at radius 1 is 1.32 bits per heavy atom. The van der Waals surface area contributed by atoms with Gasteiger partial charge < -0.3 is 10.1 Å². The lowest BCUT2D eigenvalue weighted by Gasteiger charge is -2.26. The summed E-state index contributed by atoms with van der Waals surface area (Å²) in [5.74, 6) is -0.779. The number of alkyl carbamates (subject to hydrolysis) is 1. The number of amides is 1. The van der Waals surface area contributed by atoms with Crippen molar-refractivity contribution in [3.63, 3.8) is 0 Å². The highest BCUT2D eigenvalue weighted by Crippen LogP contribution is 2.36. The van der Waals surface area contributed by atoms with Crippen LogP contribution >= 0.6 is 12.4 Å². The first-order valence-corrected chi connectivity index (χ1v) is 5.18. The van der Waals surface area contributed by atoms with Crippen molar-refractivity contribution < 1.29 is 27.1 Å². The number of nitrogens with one attached hydrogen (secondary N) is 1. The molecule has 1 amide bonds. The smallest absolute Gasteiger partial charge is 0.416 e. The standard InChI is InChI=1S/C11H9F4NO2.ClH/c12-6-1-2-8(11(13,14)15)7(5-6)9-3-4-18-10(17)16-9;/h1-2,5,9H,3-4H2,(H,16,17);1H/t9-;/m0./s1. The van der Waals surface area contributed by atoms with Crippen molar-refractivity contribution in [1.29, 1.82) is 0 Å². The van der Waals surface area contributed by atoms with Gasteiger partial charge in [-0.25, -0.2) is 9.18 Å². The van der Waals surface area contributed by atoms with Crippen LogP contribution in [0.3, 0.4) is 0 Å². The van der Waals surface area contributed by atoms with Crippen LogP contribution in [-0.4, -0.2) is 12.7 Å². The molecule has 1 aromatic rings. The van der Waals surface area contributed by atoms with Crippen LogP contribution in [0.5, 0.6) is 0 Å². The number of carbonyl (C=O) groups is 1. The maximum absolute atomic E-state index is 13.1. The summed E-state index contributed by atoms with van der Waals surface area (Å²) in [6.07, 6.45) is -5.23. The second-order valence-corrected chi connectivity index (χ2v) is 3.85. The van der Waals surface area contributed by atoms with Gasteiger partial charge in [0.05, 0.1) is 18.2 Å². The topological polar surface area (TPSA) is 38.3 Å². The molecule has 0 aromatic heterocycles. The molecule has 1 aromatic carbocycles. The van der Waals surface area contributed by atoms with Gasteiger partial charge in [-0.3, -0.25) is 0 Å². The number of halogens is 5. The number of ether oxygens (including phenoxy) is 1. The summed E-state index contributed by atoms with van der Waals surface area (Å²) in [6, 6.07) is 1.32. The maximum Gasteiger partial charge on any atom is 0.416 e. The van der Waals surface area contributed by atoms with Crippen molar-refractivity contribution in [2.24, 2.45) is 0 Å². The zero-order chi connectivity index (χ0) is 13.3. The molecule has 1 aliphatic heterocycles. The Labute approximate surface area is 112 Å². The summed E-state index contributed by atoms with van der Waals surface area (Å²) in [7, 11) is 0. The van der Waals surface area contributed by atoms with E-state index in [-0.39, 0.29) is 31.0 Å². The molecule has 0 radical (unpaired) electrons. The molecule has 19 heavy (non-hydrogen) atoms. The van der Waals surface area contributed by atoms with Gasteiger partial charge in [-0.2, -0.15) is 13.2 Å². The average molecular weight is 300 g/mol. The summed E-state index contributed by atoms with van der Waals surface area (Å²) < 4.78 is 55.9. The first kappa shape index (κ1) is 15.6. The molecule has 1 atom stereocenters. The summed E-state index contributed by atoms with van der Waals surface area (Å²) in [4.78, 5) is 11.0. The summed E-state index contributed by atoms with van der Waals surface area (Å²) in [5, 5.41) is 2.24. The summed E-state index contributed by atoms with van der Waals surface area (Å²) >= 11 is 0. The van der Waals surface area contributed by atoms with Crippen molar-refractivity contribution in [2.45, 2.75) is 18.6 Å². The van der Waals surface area contributed by atoms with Crippen LogP contribution in [-0.2, 0) is 10.9 Å². The molecule has 1 N–H and O–H groups in total. The SMILES string of the molecule is Cl.O=C1N[C@H](c2cc(F)ccc2C(F)(F)F)CCO1. The van der Waals surface area contributed by atoms with E-state index in [4.69, 9.17) is 0 Å². The van der Waals surface area contributed by atoms with Crippen LogP contribution in [0.15, 0.2) is 18.2 Å². The first-order valence-electron chi connectivity index (χ1n) is 5.18. The van der Waals surface area contributed by atoms with Crippen LogP contribution in [0.2, 0.25) is 0 Å². The zero-order valence-electron chi connectivity index (χ0n) is 9.46. The van der Waals surface area contributed by atoms with E-state index in [1.807, 2.05) is 0 Å². The van der Waals surface area contributed by atoms with E-state index < -0.39 is 29.7 Å². The molecule has 2 rings (SSSR count). The van der Waals surface area contributed by atoms with Crippen molar-refractivity contribution >= 4 is 18.5 Å². The Morgan fingerprint density at radius 3 is 2.58 bits per heavy atom. The van der Waals surface area contributed by atoms with E-state index in [0.717, 1.165) is 12.1 Å². The summed E-state index contributed by atoms with van der Waals surface area (Å²) in [5.41, 5.74) is -1.23.